The quantitative estimate of drug-likeness (QED) is 0.696. The first-order valence-electron chi connectivity index (χ1n) is 7.66. The predicted molar refractivity (Wildman–Crippen MR) is 98.8 cm³/mol. The van der Waals surface area contributed by atoms with Gasteiger partial charge in [-0.15, -0.1) is 22.7 Å². The number of nitrogens with zero attached hydrogens (tertiary/aromatic N) is 1. The van der Waals surface area contributed by atoms with Crippen molar-refractivity contribution in [3.63, 3.8) is 0 Å². The average molecular weight is 358 g/mol. The normalized spacial score (nSPS) is 10.5. The summed E-state index contributed by atoms with van der Waals surface area (Å²) in [7, 11) is 0. The molecule has 2 heterocycles. The molecular formula is C18H18N2O2S2. The molecule has 1 amide bonds. The molecule has 0 fully saturated rings. The lowest BCUT2D eigenvalue weighted by atomic mass is 10.3. The van der Waals surface area contributed by atoms with Crippen molar-refractivity contribution in [2.75, 3.05) is 13.2 Å². The number of para-hydroxylation sites is 1. The number of hydrogen-bond donors (Lipinski definition) is 1. The summed E-state index contributed by atoms with van der Waals surface area (Å²) >= 11 is 3.38. The van der Waals surface area contributed by atoms with Gasteiger partial charge in [-0.3, -0.25) is 4.79 Å². The monoisotopic (exact) mass is 358 g/mol. The highest BCUT2D eigenvalue weighted by Crippen LogP contribution is 2.29. The van der Waals surface area contributed by atoms with Crippen molar-refractivity contribution in [2.45, 2.75) is 13.3 Å². The van der Waals surface area contributed by atoms with Crippen molar-refractivity contribution in [3.8, 4) is 16.3 Å². The third-order valence-corrected chi connectivity index (χ3v) is 5.28. The number of ether oxygens (including phenoxy) is 1. The fourth-order valence-electron chi connectivity index (χ4n) is 2.17. The van der Waals surface area contributed by atoms with E-state index in [1.165, 1.54) is 9.75 Å². The van der Waals surface area contributed by atoms with Crippen LogP contribution in [-0.4, -0.2) is 24.0 Å². The zero-order valence-corrected chi connectivity index (χ0v) is 15.0. The molecule has 0 saturated carbocycles. The minimum absolute atomic E-state index is 0.0395. The smallest absolute Gasteiger partial charge is 0.257 e. The summed E-state index contributed by atoms with van der Waals surface area (Å²) in [6.07, 6.45) is 0.810. The Bertz CT molecular complexity index is 796. The van der Waals surface area contributed by atoms with Gasteiger partial charge >= 0.3 is 0 Å². The molecule has 2 aromatic heterocycles. The molecule has 0 aliphatic heterocycles. The number of amides is 1. The van der Waals surface area contributed by atoms with Gasteiger partial charge < -0.3 is 10.1 Å². The minimum Gasteiger partial charge on any atom is -0.484 e. The Hall–Kier alpha value is -2.18. The van der Waals surface area contributed by atoms with Gasteiger partial charge in [-0.05, 0) is 37.6 Å². The first kappa shape index (κ1) is 16.7. The Morgan fingerprint density at radius 2 is 2.04 bits per heavy atom. The zero-order chi connectivity index (χ0) is 16.8. The van der Waals surface area contributed by atoms with Crippen LogP contribution in [0.2, 0.25) is 0 Å². The lowest BCUT2D eigenvalue weighted by Gasteiger charge is -2.06. The van der Waals surface area contributed by atoms with Crippen LogP contribution in [0.1, 0.15) is 9.88 Å². The molecule has 3 aromatic rings. The number of carbonyl (C=O) groups excluding carboxylic acids is 1. The molecule has 1 N–H and O–H groups in total. The molecule has 124 valence electrons. The van der Waals surface area contributed by atoms with Crippen LogP contribution in [0.4, 0.5) is 0 Å². The lowest BCUT2D eigenvalue weighted by Crippen LogP contribution is -2.30. The molecule has 1 aromatic carbocycles. The van der Waals surface area contributed by atoms with Gasteiger partial charge in [-0.1, -0.05) is 18.2 Å². The second-order valence-electron chi connectivity index (χ2n) is 5.22. The third-order valence-electron chi connectivity index (χ3n) is 3.34. The number of thiophene rings is 1. The Balaban J connectivity index is 1.41. The summed E-state index contributed by atoms with van der Waals surface area (Å²) in [5.74, 6) is 0.597. The largest absolute Gasteiger partial charge is 0.484 e. The van der Waals surface area contributed by atoms with E-state index in [1.54, 1.807) is 22.7 Å². The maximum Gasteiger partial charge on any atom is 0.257 e. The van der Waals surface area contributed by atoms with Gasteiger partial charge in [-0.2, -0.15) is 0 Å². The molecule has 0 saturated heterocycles. The minimum atomic E-state index is -0.106. The maximum atomic E-state index is 11.8. The third kappa shape index (κ3) is 4.66. The van der Waals surface area contributed by atoms with E-state index in [0.717, 1.165) is 17.1 Å². The fraction of sp³-hybridized carbons (Fsp3) is 0.222. The zero-order valence-electron chi connectivity index (χ0n) is 13.3. The fourth-order valence-corrected chi connectivity index (χ4v) is 3.82. The highest BCUT2D eigenvalue weighted by atomic mass is 32.1. The number of rotatable bonds is 7. The number of hydrogen-bond acceptors (Lipinski definition) is 5. The molecule has 0 radical (unpaired) electrons. The van der Waals surface area contributed by atoms with Gasteiger partial charge in [0.15, 0.2) is 6.61 Å². The molecule has 4 nitrogen and oxygen atoms in total. The van der Waals surface area contributed by atoms with Crippen molar-refractivity contribution in [1.29, 1.82) is 0 Å². The summed E-state index contributed by atoms with van der Waals surface area (Å²) in [4.78, 5) is 18.7. The summed E-state index contributed by atoms with van der Waals surface area (Å²) in [5, 5.41) is 6.04. The van der Waals surface area contributed by atoms with Crippen LogP contribution in [0.15, 0.2) is 47.8 Å². The van der Waals surface area contributed by atoms with Gasteiger partial charge in [0.05, 0.1) is 15.6 Å². The Morgan fingerprint density at radius 3 is 2.79 bits per heavy atom. The number of nitrogens with one attached hydrogen (secondary N) is 1. The van der Waals surface area contributed by atoms with Gasteiger partial charge in [-0.25, -0.2) is 4.98 Å². The van der Waals surface area contributed by atoms with Crippen molar-refractivity contribution in [1.82, 2.24) is 10.3 Å². The predicted octanol–water partition coefficient (Wildman–Crippen LogP) is 3.92. The Morgan fingerprint density at radius 1 is 1.21 bits per heavy atom. The van der Waals surface area contributed by atoms with Crippen LogP contribution in [0.25, 0.3) is 10.6 Å². The van der Waals surface area contributed by atoms with Crippen molar-refractivity contribution in [3.05, 3.63) is 57.7 Å². The number of aryl methyl sites for hydroxylation is 1. The topological polar surface area (TPSA) is 51.2 Å². The number of aromatic nitrogens is 1. The number of thiazole rings is 1. The highest BCUT2D eigenvalue weighted by Gasteiger charge is 2.07. The average Bonchev–Trinajstić information content (AvgIpc) is 3.23. The van der Waals surface area contributed by atoms with E-state index in [4.69, 9.17) is 4.74 Å². The molecule has 3 rings (SSSR count). The summed E-state index contributed by atoms with van der Waals surface area (Å²) < 4.78 is 5.42. The second-order valence-corrected chi connectivity index (χ2v) is 7.45. The van der Waals surface area contributed by atoms with E-state index in [0.29, 0.717) is 12.3 Å². The highest BCUT2D eigenvalue weighted by molar-refractivity contribution is 7.16. The molecule has 0 aliphatic carbocycles. The van der Waals surface area contributed by atoms with Crippen molar-refractivity contribution < 1.29 is 9.53 Å². The summed E-state index contributed by atoms with van der Waals surface area (Å²) in [5.41, 5.74) is 1.04. The Kier molecular flexibility index (Phi) is 5.61. The SMILES string of the molecule is Cc1nc(-c2ccc(CCNC(=O)COc3ccccc3)s2)cs1. The molecular weight excluding hydrogens is 340 g/mol. The summed E-state index contributed by atoms with van der Waals surface area (Å²) in [6.45, 7) is 2.65. The van der Waals surface area contributed by atoms with Crippen LogP contribution in [-0.2, 0) is 11.2 Å². The summed E-state index contributed by atoms with van der Waals surface area (Å²) in [6, 6.07) is 13.5. The van der Waals surface area contributed by atoms with E-state index in [9.17, 15) is 4.79 Å². The molecule has 0 bridgehead atoms. The molecule has 0 unspecified atom stereocenters. The van der Waals surface area contributed by atoms with Crippen LogP contribution < -0.4 is 10.1 Å². The van der Waals surface area contributed by atoms with E-state index in [-0.39, 0.29) is 12.5 Å². The molecule has 0 aliphatic rings. The van der Waals surface area contributed by atoms with E-state index in [2.05, 4.69) is 27.8 Å². The molecule has 24 heavy (non-hydrogen) atoms. The molecule has 6 heteroatoms. The number of carbonyl (C=O) groups is 1. The Labute approximate surface area is 149 Å². The maximum absolute atomic E-state index is 11.8. The van der Waals surface area contributed by atoms with Crippen molar-refractivity contribution >= 4 is 28.6 Å². The van der Waals surface area contributed by atoms with E-state index >= 15 is 0 Å². The lowest BCUT2D eigenvalue weighted by molar-refractivity contribution is -0.123. The van der Waals surface area contributed by atoms with Crippen LogP contribution in [0.5, 0.6) is 5.75 Å². The van der Waals surface area contributed by atoms with Gasteiger partial charge in [0, 0.05) is 16.8 Å². The first-order valence-corrected chi connectivity index (χ1v) is 9.36. The molecule has 0 spiro atoms. The van der Waals surface area contributed by atoms with E-state index < -0.39 is 0 Å². The van der Waals surface area contributed by atoms with Gasteiger partial charge in [0.25, 0.3) is 5.91 Å². The van der Waals surface area contributed by atoms with Crippen LogP contribution in [0, 0.1) is 6.92 Å². The van der Waals surface area contributed by atoms with Gasteiger partial charge in [0.1, 0.15) is 5.75 Å². The number of benzene rings is 1. The second kappa shape index (κ2) is 8.08. The standard InChI is InChI=1S/C18H18N2O2S2/c1-13-20-16(12-23-13)17-8-7-15(24-17)9-10-19-18(21)11-22-14-5-3-2-4-6-14/h2-8,12H,9-11H2,1H3,(H,19,21). The van der Waals surface area contributed by atoms with Gasteiger partial charge in [0.2, 0.25) is 0 Å². The van der Waals surface area contributed by atoms with Crippen molar-refractivity contribution in [2.24, 2.45) is 0 Å². The first-order chi connectivity index (χ1) is 11.7. The van der Waals surface area contributed by atoms with E-state index in [1.807, 2.05) is 37.3 Å². The van der Waals surface area contributed by atoms with Crippen LogP contribution in [0.3, 0.4) is 0 Å². The molecule has 0 atom stereocenters. The van der Waals surface area contributed by atoms with Crippen LogP contribution >= 0.6 is 22.7 Å².